The minimum Gasteiger partial charge on any atom is -0.478 e. The van der Waals surface area contributed by atoms with Crippen LogP contribution >= 0.6 is 0 Å². The van der Waals surface area contributed by atoms with Gasteiger partial charge in [-0.3, -0.25) is 0 Å². The van der Waals surface area contributed by atoms with Crippen LogP contribution in [0.1, 0.15) is 10.4 Å². The number of aromatic carboxylic acids is 1. The van der Waals surface area contributed by atoms with E-state index in [2.05, 4.69) is 15.1 Å². The number of benzene rings is 1. The molecule has 0 saturated heterocycles. The zero-order valence-electron chi connectivity index (χ0n) is 11.1. The Bertz CT molecular complexity index is 859. The monoisotopic (exact) mass is 295 g/mol. The molecule has 0 aliphatic heterocycles. The second kappa shape index (κ2) is 5.47. The number of carboxylic acids is 1. The average Bonchev–Trinajstić information content (AvgIpc) is 3.16. The highest BCUT2D eigenvalue weighted by molar-refractivity contribution is 5.87. The van der Waals surface area contributed by atoms with E-state index in [0.717, 1.165) is 0 Å². The summed E-state index contributed by atoms with van der Waals surface area (Å²) < 4.78 is 6.68. The standard InChI is InChI=1S/C14H9N5O3/c15-18-16-13-8-11(12-2-1-7-22-12)17-19(13)10-5-3-9(4-6-10)14(20)21/h1-8H,(H,20,21). The van der Waals surface area contributed by atoms with E-state index < -0.39 is 5.97 Å². The molecule has 0 amide bonds. The number of hydrogen-bond donors (Lipinski definition) is 1. The molecule has 108 valence electrons. The van der Waals surface area contributed by atoms with E-state index in [-0.39, 0.29) is 11.4 Å². The number of rotatable bonds is 4. The summed E-state index contributed by atoms with van der Waals surface area (Å²) in [6.45, 7) is 0. The van der Waals surface area contributed by atoms with Gasteiger partial charge in [0, 0.05) is 4.91 Å². The molecule has 0 fully saturated rings. The summed E-state index contributed by atoms with van der Waals surface area (Å²) in [5.41, 5.74) is 9.91. The van der Waals surface area contributed by atoms with Crippen LogP contribution in [0.25, 0.3) is 27.6 Å². The average molecular weight is 295 g/mol. The summed E-state index contributed by atoms with van der Waals surface area (Å²) in [4.78, 5) is 13.6. The van der Waals surface area contributed by atoms with Crippen molar-refractivity contribution in [1.29, 1.82) is 0 Å². The van der Waals surface area contributed by atoms with Crippen LogP contribution < -0.4 is 0 Å². The molecule has 0 unspecified atom stereocenters. The summed E-state index contributed by atoms with van der Waals surface area (Å²) in [6, 6.07) is 11.1. The highest BCUT2D eigenvalue weighted by Gasteiger charge is 2.12. The lowest BCUT2D eigenvalue weighted by Gasteiger charge is -2.04. The number of aromatic nitrogens is 2. The fraction of sp³-hybridized carbons (Fsp3) is 0. The van der Waals surface area contributed by atoms with Crippen molar-refractivity contribution in [2.45, 2.75) is 0 Å². The Balaban J connectivity index is 2.08. The summed E-state index contributed by atoms with van der Waals surface area (Å²) in [6.07, 6.45) is 1.52. The molecule has 0 spiro atoms. The van der Waals surface area contributed by atoms with Gasteiger partial charge in [-0.1, -0.05) is 0 Å². The van der Waals surface area contributed by atoms with Gasteiger partial charge < -0.3 is 9.52 Å². The number of azide groups is 1. The minimum atomic E-state index is -1.02. The molecule has 22 heavy (non-hydrogen) atoms. The molecule has 0 saturated carbocycles. The first-order chi connectivity index (χ1) is 10.7. The van der Waals surface area contributed by atoms with Gasteiger partial charge in [0.2, 0.25) is 0 Å². The van der Waals surface area contributed by atoms with E-state index in [1.165, 1.54) is 23.1 Å². The van der Waals surface area contributed by atoms with Crippen molar-refractivity contribution in [2.75, 3.05) is 0 Å². The number of carboxylic acid groups (broad SMARTS) is 1. The number of nitrogens with zero attached hydrogens (tertiary/aromatic N) is 5. The fourth-order valence-electron chi connectivity index (χ4n) is 1.97. The van der Waals surface area contributed by atoms with Crippen molar-refractivity contribution in [3.05, 3.63) is 64.7 Å². The van der Waals surface area contributed by atoms with Gasteiger partial charge in [-0.05, 0) is 53.1 Å². The van der Waals surface area contributed by atoms with Crippen molar-refractivity contribution >= 4 is 11.8 Å². The number of hydrogen-bond acceptors (Lipinski definition) is 4. The molecule has 8 heteroatoms. The number of carbonyl (C=O) groups is 1. The molecule has 3 rings (SSSR count). The molecule has 2 heterocycles. The smallest absolute Gasteiger partial charge is 0.335 e. The Kier molecular flexibility index (Phi) is 3.35. The summed E-state index contributed by atoms with van der Waals surface area (Å²) in [5, 5.41) is 16.8. The maximum Gasteiger partial charge on any atom is 0.335 e. The van der Waals surface area contributed by atoms with Gasteiger partial charge in [0.05, 0.1) is 17.5 Å². The normalized spacial score (nSPS) is 10.2. The molecule has 1 aromatic carbocycles. The molecular formula is C14H9N5O3. The fourth-order valence-corrected chi connectivity index (χ4v) is 1.97. The van der Waals surface area contributed by atoms with Crippen LogP contribution in [-0.2, 0) is 0 Å². The molecule has 0 bridgehead atoms. The van der Waals surface area contributed by atoms with E-state index >= 15 is 0 Å². The Hall–Kier alpha value is -3.51. The summed E-state index contributed by atoms with van der Waals surface area (Å²) in [7, 11) is 0. The van der Waals surface area contributed by atoms with Crippen LogP contribution in [0.3, 0.4) is 0 Å². The number of furan rings is 1. The largest absolute Gasteiger partial charge is 0.478 e. The van der Waals surface area contributed by atoms with Crippen molar-refractivity contribution in [3.63, 3.8) is 0 Å². The van der Waals surface area contributed by atoms with Crippen LogP contribution in [0.5, 0.6) is 0 Å². The summed E-state index contributed by atoms with van der Waals surface area (Å²) in [5.74, 6) is -0.203. The molecular weight excluding hydrogens is 286 g/mol. The molecule has 0 aliphatic carbocycles. The first-order valence-corrected chi connectivity index (χ1v) is 6.22. The zero-order valence-corrected chi connectivity index (χ0v) is 11.1. The molecule has 2 aromatic heterocycles. The van der Waals surface area contributed by atoms with E-state index in [4.69, 9.17) is 15.1 Å². The molecule has 8 nitrogen and oxygen atoms in total. The second-order valence-corrected chi connectivity index (χ2v) is 4.32. The molecule has 0 atom stereocenters. The highest BCUT2D eigenvalue weighted by Crippen LogP contribution is 2.27. The van der Waals surface area contributed by atoms with Crippen molar-refractivity contribution in [2.24, 2.45) is 5.11 Å². The van der Waals surface area contributed by atoms with Gasteiger partial charge in [-0.25, -0.2) is 9.48 Å². The third kappa shape index (κ3) is 2.41. The lowest BCUT2D eigenvalue weighted by molar-refractivity contribution is 0.0697. The Morgan fingerprint density at radius 1 is 1.32 bits per heavy atom. The summed E-state index contributed by atoms with van der Waals surface area (Å²) >= 11 is 0. The molecule has 0 aliphatic rings. The molecule has 0 radical (unpaired) electrons. The topological polar surface area (TPSA) is 117 Å². The molecule has 1 N–H and O–H groups in total. The van der Waals surface area contributed by atoms with Gasteiger partial charge in [0.1, 0.15) is 11.5 Å². The SMILES string of the molecule is [N-]=[N+]=Nc1cc(-c2ccco2)nn1-c1ccc(C(=O)O)cc1. The van der Waals surface area contributed by atoms with Gasteiger partial charge >= 0.3 is 5.97 Å². The third-order valence-electron chi connectivity index (χ3n) is 2.97. The van der Waals surface area contributed by atoms with Crippen LogP contribution in [0.2, 0.25) is 0 Å². The highest BCUT2D eigenvalue weighted by atomic mass is 16.4. The van der Waals surface area contributed by atoms with Gasteiger partial charge in [0.15, 0.2) is 5.76 Å². The predicted octanol–water partition coefficient (Wildman–Crippen LogP) is 3.77. The zero-order chi connectivity index (χ0) is 15.5. The van der Waals surface area contributed by atoms with Crippen molar-refractivity contribution < 1.29 is 14.3 Å². The maximum absolute atomic E-state index is 10.9. The lowest BCUT2D eigenvalue weighted by atomic mass is 10.2. The van der Waals surface area contributed by atoms with Gasteiger partial charge in [-0.15, -0.1) is 0 Å². The maximum atomic E-state index is 10.9. The first kappa shape index (κ1) is 13.5. The first-order valence-electron chi connectivity index (χ1n) is 6.22. The minimum absolute atomic E-state index is 0.160. The van der Waals surface area contributed by atoms with Gasteiger partial charge in [-0.2, -0.15) is 5.10 Å². The van der Waals surface area contributed by atoms with Gasteiger partial charge in [0.25, 0.3) is 0 Å². The Labute approximate surface area is 123 Å². The van der Waals surface area contributed by atoms with E-state index in [9.17, 15) is 4.79 Å². The van der Waals surface area contributed by atoms with Crippen molar-refractivity contribution in [1.82, 2.24) is 9.78 Å². The second-order valence-electron chi connectivity index (χ2n) is 4.32. The van der Waals surface area contributed by atoms with Crippen LogP contribution in [0.4, 0.5) is 5.82 Å². The molecule has 3 aromatic rings. The van der Waals surface area contributed by atoms with E-state index in [1.807, 2.05) is 0 Å². The van der Waals surface area contributed by atoms with E-state index in [0.29, 0.717) is 17.1 Å². The Morgan fingerprint density at radius 2 is 2.09 bits per heavy atom. The predicted molar refractivity (Wildman–Crippen MR) is 77.0 cm³/mol. The Morgan fingerprint density at radius 3 is 2.68 bits per heavy atom. The quantitative estimate of drug-likeness (QED) is 0.447. The lowest BCUT2D eigenvalue weighted by Crippen LogP contribution is -1.99. The van der Waals surface area contributed by atoms with E-state index in [1.54, 1.807) is 30.3 Å². The van der Waals surface area contributed by atoms with Crippen LogP contribution in [-0.4, -0.2) is 20.9 Å². The third-order valence-corrected chi connectivity index (χ3v) is 2.97. The van der Waals surface area contributed by atoms with Crippen LogP contribution in [0.15, 0.2) is 58.3 Å². The van der Waals surface area contributed by atoms with Crippen LogP contribution in [0, 0.1) is 0 Å². The van der Waals surface area contributed by atoms with Crippen molar-refractivity contribution in [3.8, 4) is 17.1 Å².